The van der Waals surface area contributed by atoms with Crippen LogP contribution in [0.3, 0.4) is 0 Å². The van der Waals surface area contributed by atoms with Gasteiger partial charge < -0.3 is 25.0 Å². The lowest BCUT2D eigenvalue weighted by Gasteiger charge is -2.42. The van der Waals surface area contributed by atoms with Gasteiger partial charge >= 0.3 is 0 Å². The third kappa shape index (κ3) is 6.95. The molecule has 2 aromatic carbocycles. The van der Waals surface area contributed by atoms with Crippen molar-refractivity contribution >= 4 is 52.9 Å². The number of aryl methyl sites for hydroxylation is 1. The Bertz CT molecular complexity index is 1330. The predicted octanol–water partition coefficient (Wildman–Crippen LogP) is 6.87. The van der Waals surface area contributed by atoms with Gasteiger partial charge in [-0.2, -0.15) is 4.98 Å². The number of halogens is 1. The maximum atomic E-state index is 12.3. The van der Waals surface area contributed by atoms with Crippen molar-refractivity contribution in [3.8, 4) is 0 Å². The maximum absolute atomic E-state index is 12.3. The lowest BCUT2D eigenvalue weighted by molar-refractivity contribution is 0.120. The SMILES string of the molecule is Cc1cc(N2CCC(N3CCC(C)CC3)CC2)ccc1Nc1ncc(Cl)c(Nc2ccc(P(C)(C)=O)cc2)n1. The Kier molecular flexibility index (Phi) is 8.51. The van der Waals surface area contributed by atoms with Crippen molar-refractivity contribution in [3.63, 3.8) is 0 Å². The van der Waals surface area contributed by atoms with Gasteiger partial charge in [-0.25, -0.2) is 4.98 Å². The van der Waals surface area contributed by atoms with Crippen molar-refractivity contribution in [3.05, 3.63) is 59.2 Å². The van der Waals surface area contributed by atoms with Crippen molar-refractivity contribution in [1.29, 1.82) is 0 Å². The zero-order valence-corrected chi connectivity index (χ0v) is 25.1. The number of anilines is 5. The number of hydrogen-bond acceptors (Lipinski definition) is 7. The van der Waals surface area contributed by atoms with E-state index in [4.69, 9.17) is 11.6 Å². The second-order valence-electron chi connectivity index (χ2n) is 11.5. The first kappa shape index (κ1) is 27.9. The van der Waals surface area contributed by atoms with Gasteiger partial charge in [0.15, 0.2) is 5.82 Å². The molecule has 0 radical (unpaired) electrons. The summed E-state index contributed by atoms with van der Waals surface area (Å²) in [4.78, 5) is 14.2. The molecule has 5 rings (SSSR count). The van der Waals surface area contributed by atoms with E-state index >= 15 is 0 Å². The Balaban J connectivity index is 1.21. The molecular formula is C30H40ClN6OP. The standard InChI is InChI=1S/C30H40ClN6OP/c1-21-11-15-36(16-12-21)24-13-17-37(18-14-24)25-7-10-28(22(2)19-25)34-30-32-20-27(31)29(35-30)33-23-5-8-26(9-6-23)39(3,4)38/h5-10,19-21,24H,11-18H2,1-4H3,(H2,32,33,34,35). The quantitative estimate of drug-likeness (QED) is 0.302. The van der Waals surface area contributed by atoms with Gasteiger partial charge in [0.1, 0.15) is 12.2 Å². The Morgan fingerprint density at radius 3 is 2.28 bits per heavy atom. The Morgan fingerprint density at radius 1 is 0.949 bits per heavy atom. The summed E-state index contributed by atoms with van der Waals surface area (Å²) < 4.78 is 12.3. The largest absolute Gasteiger partial charge is 0.371 e. The number of rotatable bonds is 7. The fourth-order valence-electron chi connectivity index (χ4n) is 5.54. The van der Waals surface area contributed by atoms with E-state index in [1.54, 1.807) is 19.5 Å². The van der Waals surface area contributed by atoms with E-state index in [0.717, 1.165) is 47.3 Å². The minimum atomic E-state index is -2.30. The summed E-state index contributed by atoms with van der Waals surface area (Å²) in [7, 11) is -2.30. The molecule has 0 amide bonds. The lowest BCUT2D eigenvalue weighted by atomic mass is 9.94. The molecule has 2 fully saturated rings. The summed E-state index contributed by atoms with van der Waals surface area (Å²) in [6.07, 6.45) is 6.76. The fraction of sp³-hybridized carbons (Fsp3) is 0.467. The van der Waals surface area contributed by atoms with E-state index < -0.39 is 7.14 Å². The predicted molar refractivity (Wildman–Crippen MR) is 166 cm³/mol. The first-order chi connectivity index (χ1) is 18.7. The summed E-state index contributed by atoms with van der Waals surface area (Å²) in [6, 6.07) is 14.8. The van der Waals surface area contributed by atoms with Crippen LogP contribution < -0.4 is 20.8 Å². The topological polar surface area (TPSA) is 73.4 Å². The first-order valence-corrected chi connectivity index (χ1v) is 17.0. The van der Waals surface area contributed by atoms with E-state index in [9.17, 15) is 4.57 Å². The molecule has 2 N–H and O–H groups in total. The molecule has 0 bridgehead atoms. The van der Waals surface area contributed by atoms with E-state index in [0.29, 0.717) is 16.8 Å². The van der Waals surface area contributed by atoms with Gasteiger partial charge in [0.2, 0.25) is 5.95 Å². The number of likely N-dealkylation sites (tertiary alicyclic amines) is 1. The minimum Gasteiger partial charge on any atom is -0.371 e. The highest BCUT2D eigenvalue weighted by Crippen LogP contribution is 2.35. The van der Waals surface area contributed by atoms with Crippen molar-refractivity contribution in [2.75, 3.05) is 55.0 Å². The third-order valence-corrected chi connectivity index (χ3v) is 9.94. The highest BCUT2D eigenvalue weighted by Gasteiger charge is 2.27. The van der Waals surface area contributed by atoms with Gasteiger partial charge in [0.05, 0.1) is 6.20 Å². The summed E-state index contributed by atoms with van der Waals surface area (Å²) in [5.41, 5.74) is 4.20. The average molecular weight is 567 g/mol. The molecule has 2 aliphatic heterocycles. The summed E-state index contributed by atoms with van der Waals surface area (Å²) in [5, 5.41) is 7.87. The highest BCUT2D eigenvalue weighted by molar-refractivity contribution is 7.70. The fourth-order valence-corrected chi connectivity index (χ4v) is 6.55. The molecule has 2 saturated heterocycles. The second-order valence-corrected chi connectivity index (χ2v) is 15.1. The molecule has 0 spiro atoms. The van der Waals surface area contributed by atoms with Crippen LogP contribution in [0.5, 0.6) is 0 Å². The molecule has 0 saturated carbocycles. The summed E-state index contributed by atoms with van der Waals surface area (Å²) in [5.74, 6) is 1.87. The van der Waals surface area contributed by atoms with Crippen LogP contribution in [0.25, 0.3) is 0 Å². The van der Waals surface area contributed by atoms with Crippen LogP contribution in [0.15, 0.2) is 48.7 Å². The molecule has 9 heteroatoms. The van der Waals surface area contributed by atoms with Crippen molar-refractivity contribution in [2.45, 2.75) is 45.6 Å². The molecule has 39 heavy (non-hydrogen) atoms. The molecule has 3 heterocycles. The van der Waals surface area contributed by atoms with E-state index in [1.165, 1.54) is 44.5 Å². The number of aromatic nitrogens is 2. The minimum absolute atomic E-state index is 0.427. The van der Waals surface area contributed by atoms with Crippen LogP contribution in [-0.2, 0) is 4.57 Å². The van der Waals surface area contributed by atoms with Crippen molar-refractivity contribution in [2.24, 2.45) is 5.92 Å². The van der Waals surface area contributed by atoms with Crippen LogP contribution >= 0.6 is 18.7 Å². The molecular weight excluding hydrogens is 527 g/mol. The van der Waals surface area contributed by atoms with E-state index in [-0.39, 0.29) is 0 Å². The second kappa shape index (κ2) is 11.9. The molecule has 0 atom stereocenters. The van der Waals surface area contributed by atoms with Gasteiger partial charge in [-0.3, -0.25) is 0 Å². The van der Waals surface area contributed by atoms with Gasteiger partial charge in [-0.05, 0) is 113 Å². The molecule has 1 aromatic heterocycles. The normalized spacial score (nSPS) is 17.8. The number of hydrogen-bond donors (Lipinski definition) is 2. The molecule has 7 nitrogen and oxygen atoms in total. The van der Waals surface area contributed by atoms with Gasteiger partial charge in [-0.15, -0.1) is 0 Å². The summed E-state index contributed by atoms with van der Waals surface area (Å²) >= 11 is 6.39. The third-order valence-electron chi connectivity index (χ3n) is 8.12. The Labute approximate surface area is 237 Å². The maximum Gasteiger partial charge on any atom is 0.229 e. The number of nitrogens with one attached hydrogen (secondary N) is 2. The number of nitrogens with zero attached hydrogens (tertiary/aromatic N) is 4. The molecule has 0 unspecified atom stereocenters. The van der Waals surface area contributed by atoms with Gasteiger partial charge in [-0.1, -0.05) is 18.5 Å². The molecule has 3 aromatic rings. The van der Waals surface area contributed by atoms with E-state index in [1.807, 2.05) is 24.3 Å². The smallest absolute Gasteiger partial charge is 0.229 e. The Morgan fingerprint density at radius 2 is 1.64 bits per heavy atom. The van der Waals surface area contributed by atoms with Crippen LogP contribution in [0.4, 0.5) is 28.8 Å². The van der Waals surface area contributed by atoms with Crippen LogP contribution in [0.1, 0.15) is 38.2 Å². The van der Waals surface area contributed by atoms with Crippen molar-refractivity contribution < 1.29 is 4.57 Å². The average Bonchev–Trinajstić information content (AvgIpc) is 2.92. The molecule has 208 valence electrons. The van der Waals surface area contributed by atoms with Gasteiger partial charge in [0.25, 0.3) is 0 Å². The van der Waals surface area contributed by atoms with Crippen LogP contribution in [0.2, 0.25) is 5.02 Å². The number of benzene rings is 2. The Hall–Kier alpha value is -2.60. The van der Waals surface area contributed by atoms with E-state index in [2.05, 4.69) is 62.4 Å². The van der Waals surface area contributed by atoms with Crippen LogP contribution in [0, 0.1) is 12.8 Å². The lowest BCUT2D eigenvalue weighted by Crippen LogP contribution is -2.47. The number of piperidine rings is 2. The first-order valence-electron chi connectivity index (χ1n) is 14.0. The molecule has 2 aliphatic rings. The van der Waals surface area contributed by atoms with Crippen molar-refractivity contribution in [1.82, 2.24) is 14.9 Å². The monoisotopic (exact) mass is 566 g/mol. The zero-order chi connectivity index (χ0) is 27.6. The zero-order valence-electron chi connectivity index (χ0n) is 23.5. The highest BCUT2D eigenvalue weighted by atomic mass is 35.5. The molecule has 0 aliphatic carbocycles. The van der Waals surface area contributed by atoms with Crippen LogP contribution in [-0.4, -0.2) is 60.4 Å². The van der Waals surface area contributed by atoms with Gasteiger partial charge in [0, 0.05) is 41.5 Å². The summed E-state index contributed by atoms with van der Waals surface area (Å²) in [6.45, 7) is 12.8.